The van der Waals surface area contributed by atoms with Gasteiger partial charge in [-0.05, 0) is 48.7 Å². The summed E-state index contributed by atoms with van der Waals surface area (Å²) in [6.45, 7) is 8.78. The van der Waals surface area contributed by atoms with E-state index in [1.165, 1.54) is 12.8 Å². The molecular formula is C28H32ClN3O4. The maximum Gasteiger partial charge on any atom is 0.273 e. The standard InChI is InChI=1S/C28H32ClN3O4/c1-5-7-8-9-13-36-22-11-10-18(15-23(22)35-4)27-24-25(19-16-20(29)17(3)14-21(19)33)30-31-26(24)28(34)32(27)12-6-2/h6,10-11,14-16,27,33H,2,5,7-9,12-13H2,1,3-4H3,(H,30,31). The van der Waals surface area contributed by atoms with Crippen LogP contribution in [0, 0.1) is 6.92 Å². The van der Waals surface area contributed by atoms with Crippen LogP contribution in [-0.4, -0.2) is 46.4 Å². The van der Waals surface area contributed by atoms with Crippen molar-refractivity contribution in [3.8, 4) is 28.5 Å². The number of amides is 1. The van der Waals surface area contributed by atoms with E-state index in [-0.39, 0.29) is 11.7 Å². The number of aromatic hydroxyl groups is 1. The minimum atomic E-state index is -0.466. The minimum absolute atomic E-state index is 0.0453. The van der Waals surface area contributed by atoms with Crippen molar-refractivity contribution in [3.63, 3.8) is 0 Å². The zero-order valence-corrected chi connectivity index (χ0v) is 21.7. The Morgan fingerprint density at radius 1 is 1.22 bits per heavy atom. The first kappa shape index (κ1) is 25.6. The van der Waals surface area contributed by atoms with E-state index in [1.807, 2.05) is 25.1 Å². The first-order valence-electron chi connectivity index (χ1n) is 12.2. The molecule has 1 amide bonds. The fourth-order valence-corrected chi connectivity index (χ4v) is 4.78. The van der Waals surface area contributed by atoms with Gasteiger partial charge in [0.25, 0.3) is 5.91 Å². The number of aryl methyl sites for hydroxylation is 1. The number of nitrogens with one attached hydrogen (secondary N) is 1. The highest BCUT2D eigenvalue weighted by Gasteiger charge is 2.42. The second kappa shape index (κ2) is 11.1. The summed E-state index contributed by atoms with van der Waals surface area (Å²) in [5.41, 5.74) is 3.57. The number of aromatic nitrogens is 2. The van der Waals surface area contributed by atoms with Gasteiger partial charge in [0.1, 0.15) is 17.1 Å². The number of nitrogens with zero attached hydrogens (tertiary/aromatic N) is 2. The second-order valence-corrected chi connectivity index (χ2v) is 9.35. The molecular weight excluding hydrogens is 478 g/mol. The van der Waals surface area contributed by atoms with Crippen LogP contribution in [0.25, 0.3) is 11.3 Å². The molecule has 2 N–H and O–H groups in total. The topological polar surface area (TPSA) is 87.7 Å². The third kappa shape index (κ3) is 4.80. The minimum Gasteiger partial charge on any atom is -0.507 e. The molecule has 0 fully saturated rings. The van der Waals surface area contributed by atoms with Gasteiger partial charge in [-0.2, -0.15) is 5.10 Å². The fraction of sp³-hybridized carbons (Fsp3) is 0.357. The first-order valence-corrected chi connectivity index (χ1v) is 12.6. The molecule has 1 unspecified atom stereocenters. The van der Waals surface area contributed by atoms with Crippen LogP contribution in [-0.2, 0) is 0 Å². The highest BCUT2D eigenvalue weighted by Crippen LogP contribution is 2.46. The number of hydrogen-bond donors (Lipinski definition) is 2. The van der Waals surface area contributed by atoms with Crippen LogP contribution in [0.3, 0.4) is 0 Å². The number of carbonyl (C=O) groups is 1. The van der Waals surface area contributed by atoms with Crippen LogP contribution in [0.4, 0.5) is 0 Å². The maximum absolute atomic E-state index is 13.3. The molecule has 1 aliphatic heterocycles. The predicted molar refractivity (Wildman–Crippen MR) is 141 cm³/mol. The Bertz CT molecular complexity index is 1270. The number of phenolic OH excluding ortho intramolecular Hbond substituents is 1. The van der Waals surface area contributed by atoms with Gasteiger partial charge in [0, 0.05) is 22.7 Å². The molecule has 36 heavy (non-hydrogen) atoms. The lowest BCUT2D eigenvalue weighted by molar-refractivity contribution is 0.0764. The van der Waals surface area contributed by atoms with Crippen LogP contribution in [0.15, 0.2) is 43.0 Å². The van der Waals surface area contributed by atoms with Gasteiger partial charge in [-0.1, -0.05) is 49.9 Å². The van der Waals surface area contributed by atoms with Gasteiger partial charge in [-0.25, -0.2) is 0 Å². The lowest BCUT2D eigenvalue weighted by Crippen LogP contribution is -2.29. The largest absolute Gasteiger partial charge is 0.507 e. The van der Waals surface area contributed by atoms with Crippen LogP contribution in [0.2, 0.25) is 5.02 Å². The number of methoxy groups -OCH3 is 1. The number of carbonyl (C=O) groups excluding carboxylic acids is 1. The molecule has 1 aliphatic rings. The highest BCUT2D eigenvalue weighted by molar-refractivity contribution is 6.31. The molecule has 8 heteroatoms. The van der Waals surface area contributed by atoms with E-state index in [0.29, 0.717) is 52.2 Å². The molecule has 0 bridgehead atoms. The third-order valence-electron chi connectivity index (χ3n) is 6.48. The molecule has 1 aromatic heterocycles. The highest BCUT2D eigenvalue weighted by atomic mass is 35.5. The van der Waals surface area contributed by atoms with Gasteiger partial charge < -0.3 is 19.5 Å². The van der Waals surface area contributed by atoms with Crippen molar-refractivity contribution in [3.05, 3.63) is 70.4 Å². The number of rotatable bonds is 11. The monoisotopic (exact) mass is 509 g/mol. The molecule has 4 rings (SSSR count). The number of hydrogen-bond acceptors (Lipinski definition) is 5. The molecule has 0 radical (unpaired) electrons. The average Bonchev–Trinajstić information content (AvgIpc) is 3.40. The molecule has 7 nitrogen and oxygen atoms in total. The molecule has 0 saturated carbocycles. The van der Waals surface area contributed by atoms with Crippen LogP contribution >= 0.6 is 11.6 Å². The Balaban J connectivity index is 1.75. The Hall–Kier alpha value is -3.45. The molecule has 190 valence electrons. The van der Waals surface area contributed by atoms with Crippen LogP contribution in [0.5, 0.6) is 17.2 Å². The van der Waals surface area contributed by atoms with E-state index < -0.39 is 6.04 Å². The number of H-pyrrole nitrogens is 1. The maximum atomic E-state index is 13.3. The zero-order chi connectivity index (χ0) is 25.8. The van der Waals surface area contributed by atoms with E-state index >= 15 is 0 Å². The summed E-state index contributed by atoms with van der Waals surface area (Å²) in [6.07, 6.45) is 6.15. The Kier molecular flexibility index (Phi) is 7.89. The quantitative estimate of drug-likeness (QED) is 0.229. The molecule has 2 aromatic carbocycles. The summed E-state index contributed by atoms with van der Waals surface area (Å²) >= 11 is 6.37. The lowest BCUT2D eigenvalue weighted by Gasteiger charge is -2.26. The number of phenols is 1. The molecule has 0 saturated heterocycles. The number of halogens is 1. The smallest absolute Gasteiger partial charge is 0.273 e. The zero-order valence-electron chi connectivity index (χ0n) is 20.9. The van der Waals surface area contributed by atoms with Crippen molar-refractivity contribution in [1.82, 2.24) is 15.1 Å². The van der Waals surface area contributed by atoms with Crippen molar-refractivity contribution in [1.29, 1.82) is 0 Å². The van der Waals surface area contributed by atoms with Crippen LogP contribution < -0.4 is 9.47 Å². The summed E-state index contributed by atoms with van der Waals surface area (Å²) in [5.74, 6) is 1.10. The van der Waals surface area contributed by atoms with Crippen molar-refractivity contribution >= 4 is 17.5 Å². The summed E-state index contributed by atoms with van der Waals surface area (Å²) in [4.78, 5) is 15.0. The van der Waals surface area contributed by atoms with Gasteiger partial charge >= 0.3 is 0 Å². The summed E-state index contributed by atoms with van der Waals surface area (Å²) < 4.78 is 11.6. The molecule has 0 aliphatic carbocycles. The van der Waals surface area contributed by atoms with Crippen molar-refractivity contribution < 1.29 is 19.4 Å². The number of ether oxygens (including phenoxy) is 2. The lowest BCUT2D eigenvalue weighted by atomic mass is 9.95. The van der Waals surface area contributed by atoms with Crippen molar-refractivity contribution in [2.24, 2.45) is 0 Å². The van der Waals surface area contributed by atoms with Gasteiger partial charge in [0.15, 0.2) is 11.5 Å². The van der Waals surface area contributed by atoms with E-state index in [0.717, 1.165) is 24.0 Å². The van der Waals surface area contributed by atoms with Gasteiger partial charge in [0.2, 0.25) is 0 Å². The fourth-order valence-electron chi connectivity index (χ4n) is 4.62. The second-order valence-electron chi connectivity index (χ2n) is 8.95. The van der Waals surface area contributed by atoms with Crippen molar-refractivity contribution in [2.75, 3.05) is 20.3 Å². The predicted octanol–water partition coefficient (Wildman–Crippen LogP) is 6.44. The molecule has 2 heterocycles. The Labute approximate surface area is 216 Å². The SMILES string of the molecule is C=CCN1C(=O)c2[nH]nc(-c3cc(Cl)c(C)cc3O)c2C1c1ccc(OCCCCCC)c(OC)c1. The van der Waals surface area contributed by atoms with Crippen LogP contribution in [0.1, 0.15) is 65.8 Å². The Morgan fingerprint density at radius 2 is 2.03 bits per heavy atom. The molecule has 1 atom stereocenters. The average molecular weight is 510 g/mol. The first-order chi connectivity index (χ1) is 17.4. The van der Waals surface area contributed by atoms with Gasteiger partial charge in [-0.3, -0.25) is 9.89 Å². The normalized spacial score (nSPS) is 14.7. The number of unbranched alkanes of at least 4 members (excludes halogenated alkanes) is 3. The molecule has 0 spiro atoms. The van der Waals surface area contributed by atoms with E-state index in [9.17, 15) is 9.90 Å². The van der Waals surface area contributed by atoms with Gasteiger partial charge in [-0.15, -0.1) is 6.58 Å². The summed E-state index contributed by atoms with van der Waals surface area (Å²) in [6, 6.07) is 8.52. The summed E-state index contributed by atoms with van der Waals surface area (Å²) in [5, 5.41) is 18.5. The van der Waals surface area contributed by atoms with E-state index in [4.69, 9.17) is 21.1 Å². The van der Waals surface area contributed by atoms with E-state index in [2.05, 4.69) is 23.7 Å². The number of benzene rings is 2. The Morgan fingerprint density at radius 3 is 2.75 bits per heavy atom. The van der Waals surface area contributed by atoms with Gasteiger partial charge in [0.05, 0.1) is 19.8 Å². The third-order valence-corrected chi connectivity index (χ3v) is 6.89. The molecule has 3 aromatic rings. The summed E-state index contributed by atoms with van der Waals surface area (Å²) in [7, 11) is 1.60. The number of fused-ring (bicyclic) bond motifs is 1. The van der Waals surface area contributed by atoms with E-state index in [1.54, 1.807) is 30.2 Å². The number of aromatic amines is 1. The van der Waals surface area contributed by atoms with Crippen molar-refractivity contribution in [2.45, 2.75) is 45.6 Å².